The molecule has 13 heavy (non-hydrogen) atoms. The van der Waals surface area contributed by atoms with E-state index in [4.69, 9.17) is 21.9 Å². The van der Waals surface area contributed by atoms with Crippen molar-refractivity contribution in [2.45, 2.75) is 38.0 Å². The van der Waals surface area contributed by atoms with Gasteiger partial charge in [0, 0.05) is 5.92 Å². The van der Waals surface area contributed by atoms with Crippen LogP contribution in [-0.4, -0.2) is 5.16 Å². The van der Waals surface area contributed by atoms with E-state index in [0.29, 0.717) is 16.8 Å². The normalized spacial score (nSPS) is 19.2. The number of aromatic nitrogens is 1. The van der Waals surface area contributed by atoms with Gasteiger partial charge in [0.05, 0.1) is 0 Å². The number of rotatable bonds is 1. The molecule has 1 aliphatic carbocycles. The van der Waals surface area contributed by atoms with Crippen LogP contribution in [0.1, 0.15) is 43.8 Å². The van der Waals surface area contributed by atoms with Crippen molar-refractivity contribution in [3.05, 3.63) is 10.9 Å². The van der Waals surface area contributed by atoms with Crippen LogP contribution in [0.5, 0.6) is 0 Å². The standard InChI is InChI=1S/C9H13ClN2O/c10-9-7(11)8(13-12-9)6-4-2-1-3-5-6/h6H,1-5,11H2. The minimum Gasteiger partial charge on any atom is -0.393 e. The highest BCUT2D eigenvalue weighted by atomic mass is 35.5. The minimum atomic E-state index is 0.306. The van der Waals surface area contributed by atoms with Crippen molar-refractivity contribution in [3.63, 3.8) is 0 Å². The van der Waals surface area contributed by atoms with Gasteiger partial charge >= 0.3 is 0 Å². The Labute approximate surface area is 82.2 Å². The first-order chi connectivity index (χ1) is 6.29. The molecule has 3 nitrogen and oxygen atoms in total. The number of anilines is 1. The molecule has 0 atom stereocenters. The van der Waals surface area contributed by atoms with E-state index in [9.17, 15) is 0 Å². The Hall–Kier alpha value is -0.700. The summed E-state index contributed by atoms with van der Waals surface area (Å²) in [7, 11) is 0. The molecule has 4 heteroatoms. The molecule has 0 aliphatic heterocycles. The molecule has 1 saturated carbocycles. The average molecular weight is 201 g/mol. The third-order valence-electron chi connectivity index (χ3n) is 2.69. The Kier molecular flexibility index (Phi) is 2.44. The molecule has 2 N–H and O–H groups in total. The Morgan fingerprint density at radius 3 is 2.54 bits per heavy atom. The summed E-state index contributed by atoms with van der Waals surface area (Å²) in [6.45, 7) is 0. The second kappa shape index (κ2) is 3.58. The molecule has 0 amide bonds. The number of halogens is 1. The Morgan fingerprint density at radius 2 is 2.00 bits per heavy atom. The van der Waals surface area contributed by atoms with Crippen LogP contribution < -0.4 is 5.73 Å². The van der Waals surface area contributed by atoms with Gasteiger partial charge in [-0.1, -0.05) is 36.0 Å². The van der Waals surface area contributed by atoms with Gasteiger partial charge in [-0.2, -0.15) is 0 Å². The van der Waals surface area contributed by atoms with Crippen LogP contribution in [0.15, 0.2) is 4.52 Å². The SMILES string of the molecule is Nc1c(Cl)noc1C1CCCCC1. The maximum Gasteiger partial charge on any atom is 0.195 e. The molecule has 1 fully saturated rings. The fraction of sp³-hybridized carbons (Fsp3) is 0.667. The van der Waals surface area contributed by atoms with E-state index in [2.05, 4.69) is 5.16 Å². The number of hydrogen-bond acceptors (Lipinski definition) is 3. The Bertz CT molecular complexity index is 292. The van der Waals surface area contributed by atoms with E-state index in [1.54, 1.807) is 0 Å². The second-order valence-corrected chi connectivity index (χ2v) is 3.94. The molecular formula is C9H13ClN2O. The van der Waals surface area contributed by atoms with Crippen molar-refractivity contribution < 1.29 is 4.52 Å². The van der Waals surface area contributed by atoms with Crippen molar-refractivity contribution in [1.82, 2.24) is 5.16 Å². The van der Waals surface area contributed by atoms with E-state index >= 15 is 0 Å². The lowest BCUT2D eigenvalue weighted by Gasteiger charge is -2.18. The van der Waals surface area contributed by atoms with Crippen LogP contribution in [0.2, 0.25) is 5.15 Å². The van der Waals surface area contributed by atoms with Gasteiger partial charge in [-0.15, -0.1) is 0 Å². The van der Waals surface area contributed by atoms with Crippen LogP contribution in [-0.2, 0) is 0 Å². The molecule has 1 aromatic heterocycles. The molecule has 1 aliphatic rings. The second-order valence-electron chi connectivity index (χ2n) is 3.59. The summed E-state index contributed by atoms with van der Waals surface area (Å²) in [6.07, 6.45) is 6.12. The van der Waals surface area contributed by atoms with Gasteiger partial charge in [-0.25, -0.2) is 0 Å². The van der Waals surface area contributed by atoms with Crippen LogP contribution >= 0.6 is 11.6 Å². The van der Waals surface area contributed by atoms with Gasteiger partial charge in [-0.05, 0) is 12.8 Å². The summed E-state index contributed by atoms with van der Waals surface area (Å²) in [6, 6.07) is 0. The Morgan fingerprint density at radius 1 is 1.31 bits per heavy atom. The van der Waals surface area contributed by atoms with Gasteiger partial charge in [0.1, 0.15) is 5.69 Å². The molecule has 1 aromatic rings. The topological polar surface area (TPSA) is 52.0 Å². The van der Waals surface area contributed by atoms with Gasteiger partial charge in [0.2, 0.25) is 0 Å². The lowest BCUT2D eigenvalue weighted by Crippen LogP contribution is -2.05. The number of nitrogen functional groups attached to an aromatic ring is 1. The molecule has 0 radical (unpaired) electrons. The highest BCUT2D eigenvalue weighted by Gasteiger charge is 2.23. The quantitative estimate of drug-likeness (QED) is 0.759. The predicted molar refractivity (Wildman–Crippen MR) is 51.8 cm³/mol. The maximum atomic E-state index is 5.75. The van der Waals surface area contributed by atoms with Crippen LogP contribution in [0.3, 0.4) is 0 Å². The third kappa shape index (κ3) is 1.66. The molecule has 1 heterocycles. The first-order valence-corrected chi connectivity index (χ1v) is 5.07. The fourth-order valence-electron chi connectivity index (χ4n) is 1.95. The zero-order valence-corrected chi connectivity index (χ0v) is 8.18. The average Bonchev–Trinajstić information content (AvgIpc) is 2.49. The summed E-state index contributed by atoms with van der Waals surface area (Å²) < 4.78 is 5.13. The first-order valence-electron chi connectivity index (χ1n) is 4.69. The molecule has 0 aromatic carbocycles. The van der Waals surface area contributed by atoms with E-state index in [-0.39, 0.29) is 0 Å². The zero-order valence-electron chi connectivity index (χ0n) is 7.42. The highest BCUT2D eigenvalue weighted by Crippen LogP contribution is 2.37. The Balaban J connectivity index is 2.18. The van der Waals surface area contributed by atoms with E-state index in [0.717, 1.165) is 18.6 Å². The smallest absolute Gasteiger partial charge is 0.195 e. The molecule has 72 valence electrons. The van der Waals surface area contributed by atoms with Gasteiger partial charge in [0.25, 0.3) is 0 Å². The molecule has 2 rings (SSSR count). The van der Waals surface area contributed by atoms with Crippen LogP contribution in [0, 0.1) is 0 Å². The third-order valence-corrected chi connectivity index (χ3v) is 2.96. The number of nitrogens with zero attached hydrogens (tertiary/aromatic N) is 1. The number of nitrogens with two attached hydrogens (primary N) is 1. The summed E-state index contributed by atoms with van der Waals surface area (Å²) in [5.74, 6) is 1.23. The molecular weight excluding hydrogens is 188 g/mol. The minimum absolute atomic E-state index is 0.306. The molecule has 0 saturated heterocycles. The van der Waals surface area contributed by atoms with Gasteiger partial charge in [0.15, 0.2) is 10.9 Å². The zero-order chi connectivity index (χ0) is 9.26. The summed E-state index contributed by atoms with van der Waals surface area (Å²) in [5.41, 5.74) is 6.28. The largest absolute Gasteiger partial charge is 0.393 e. The summed E-state index contributed by atoms with van der Waals surface area (Å²) in [4.78, 5) is 0. The van der Waals surface area contributed by atoms with Crippen molar-refractivity contribution in [2.75, 3.05) is 5.73 Å². The van der Waals surface area contributed by atoms with Crippen LogP contribution in [0.25, 0.3) is 0 Å². The number of hydrogen-bond donors (Lipinski definition) is 1. The van der Waals surface area contributed by atoms with Crippen molar-refractivity contribution >= 4 is 17.3 Å². The van der Waals surface area contributed by atoms with E-state index in [1.807, 2.05) is 0 Å². The lowest BCUT2D eigenvalue weighted by atomic mass is 9.87. The van der Waals surface area contributed by atoms with Crippen molar-refractivity contribution in [1.29, 1.82) is 0 Å². The predicted octanol–water partition coefficient (Wildman–Crippen LogP) is 2.96. The van der Waals surface area contributed by atoms with Crippen molar-refractivity contribution in [3.8, 4) is 0 Å². The highest BCUT2D eigenvalue weighted by molar-refractivity contribution is 6.31. The summed E-state index contributed by atoms with van der Waals surface area (Å²) in [5, 5.41) is 3.96. The van der Waals surface area contributed by atoms with Crippen molar-refractivity contribution in [2.24, 2.45) is 0 Å². The first kappa shape index (κ1) is 8.88. The van der Waals surface area contributed by atoms with E-state index in [1.165, 1.54) is 19.3 Å². The monoisotopic (exact) mass is 200 g/mol. The fourth-order valence-corrected chi connectivity index (χ4v) is 2.08. The van der Waals surface area contributed by atoms with E-state index < -0.39 is 0 Å². The van der Waals surface area contributed by atoms with Gasteiger partial charge < -0.3 is 10.3 Å². The van der Waals surface area contributed by atoms with Gasteiger partial charge in [-0.3, -0.25) is 0 Å². The molecule has 0 unspecified atom stereocenters. The molecule has 0 bridgehead atoms. The lowest BCUT2D eigenvalue weighted by molar-refractivity contribution is 0.322. The summed E-state index contributed by atoms with van der Waals surface area (Å²) >= 11 is 5.72. The maximum absolute atomic E-state index is 5.75. The molecule has 0 spiro atoms. The van der Waals surface area contributed by atoms with Crippen LogP contribution in [0.4, 0.5) is 5.69 Å².